The third-order valence-electron chi connectivity index (χ3n) is 2.88. The fourth-order valence-electron chi connectivity index (χ4n) is 1.76. The van der Waals surface area contributed by atoms with Crippen molar-refractivity contribution in [2.75, 3.05) is 13.2 Å². The van der Waals surface area contributed by atoms with Crippen LogP contribution in [0, 0.1) is 0 Å². The van der Waals surface area contributed by atoms with Crippen LogP contribution in [-0.4, -0.2) is 42.5 Å². The number of rotatable bonds is 7. The van der Waals surface area contributed by atoms with E-state index < -0.39 is 36.8 Å². The number of phenols is 1. The lowest BCUT2D eigenvalue weighted by molar-refractivity contribution is -0.186. The van der Waals surface area contributed by atoms with E-state index in [1.165, 1.54) is 24.3 Å². The predicted octanol–water partition coefficient (Wildman–Crippen LogP) is 2.08. The minimum Gasteiger partial charge on any atom is -0.508 e. The molecule has 0 aliphatic heterocycles. The van der Waals surface area contributed by atoms with Crippen LogP contribution in [0.25, 0.3) is 0 Å². The van der Waals surface area contributed by atoms with Crippen LogP contribution in [0.3, 0.4) is 0 Å². The molecule has 0 aliphatic rings. The Bertz CT molecular complexity index is 576. The lowest BCUT2D eigenvalue weighted by Crippen LogP contribution is -2.41. The van der Waals surface area contributed by atoms with Crippen molar-refractivity contribution in [1.82, 2.24) is 5.32 Å². The summed E-state index contributed by atoms with van der Waals surface area (Å²) in [6.45, 7) is 1.15. The summed E-state index contributed by atoms with van der Waals surface area (Å²) in [6, 6.07) is 4.24. The van der Waals surface area contributed by atoms with Gasteiger partial charge in [0.05, 0.1) is 6.61 Å². The number of hydrogen-bond donors (Lipinski definition) is 2. The van der Waals surface area contributed by atoms with Gasteiger partial charge in [0, 0.05) is 0 Å². The first-order chi connectivity index (χ1) is 11.1. The number of amides is 1. The molecular formula is C15H18F3NO5. The van der Waals surface area contributed by atoms with Gasteiger partial charge in [-0.15, -0.1) is 0 Å². The molecule has 1 aromatic rings. The molecule has 0 heterocycles. The molecule has 0 aromatic heterocycles. The van der Waals surface area contributed by atoms with Crippen molar-refractivity contribution < 1.29 is 37.3 Å². The minimum atomic E-state index is -4.57. The summed E-state index contributed by atoms with van der Waals surface area (Å²) in [5.41, 5.74) is 0.227. The maximum Gasteiger partial charge on any atom is 0.411 e. The van der Waals surface area contributed by atoms with Gasteiger partial charge in [0.15, 0.2) is 6.04 Å². The van der Waals surface area contributed by atoms with Crippen molar-refractivity contribution in [3.63, 3.8) is 0 Å². The van der Waals surface area contributed by atoms with Crippen molar-refractivity contribution in [1.29, 1.82) is 0 Å². The second-order valence-electron chi connectivity index (χ2n) is 4.86. The van der Waals surface area contributed by atoms with Gasteiger partial charge in [-0.25, -0.2) is 4.79 Å². The quantitative estimate of drug-likeness (QED) is 0.736. The maximum atomic E-state index is 12.1. The number of aromatic hydroxyl groups is 1. The molecule has 0 fully saturated rings. The third kappa shape index (κ3) is 6.45. The Labute approximate surface area is 136 Å². The summed E-state index contributed by atoms with van der Waals surface area (Å²) in [5, 5.41) is 11.7. The molecule has 6 nitrogen and oxygen atoms in total. The molecule has 1 amide bonds. The smallest absolute Gasteiger partial charge is 0.411 e. The van der Waals surface area contributed by atoms with Gasteiger partial charge in [-0.05, 0) is 31.5 Å². The SMILES string of the molecule is CCOC(=O)[C@@H](NC(=O)[C@H](C)OCC(F)(F)F)c1cccc(O)c1. The average molecular weight is 349 g/mol. The zero-order valence-electron chi connectivity index (χ0n) is 13.1. The summed E-state index contributed by atoms with van der Waals surface area (Å²) >= 11 is 0. The van der Waals surface area contributed by atoms with E-state index in [2.05, 4.69) is 10.1 Å². The lowest BCUT2D eigenvalue weighted by Gasteiger charge is -2.21. The highest BCUT2D eigenvalue weighted by Crippen LogP contribution is 2.20. The molecule has 2 N–H and O–H groups in total. The van der Waals surface area contributed by atoms with Gasteiger partial charge in [-0.1, -0.05) is 12.1 Å². The lowest BCUT2D eigenvalue weighted by atomic mass is 10.1. The number of phenolic OH excluding ortho intramolecular Hbond substituents is 1. The maximum absolute atomic E-state index is 12.1. The molecule has 0 bridgehead atoms. The Morgan fingerprint density at radius 1 is 1.33 bits per heavy atom. The van der Waals surface area contributed by atoms with Crippen LogP contribution in [0.4, 0.5) is 13.2 Å². The van der Waals surface area contributed by atoms with Gasteiger partial charge >= 0.3 is 12.1 Å². The van der Waals surface area contributed by atoms with E-state index in [0.717, 1.165) is 6.92 Å². The van der Waals surface area contributed by atoms with E-state index in [0.29, 0.717) is 0 Å². The van der Waals surface area contributed by atoms with Crippen LogP contribution >= 0.6 is 0 Å². The highest BCUT2D eigenvalue weighted by atomic mass is 19.4. The molecule has 134 valence electrons. The second-order valence-corrected chi connectivity index (χ2v) is 4.86. The Morgan fingerprint density at radius 2 is 2.00 bits per heavy atom. The predicted molar refractivity (Wildman–Crippen MR) is 77.1 cm³/mol. The monoisotopic (exact) mass is 349 g/mol. The van der Waals surface area contributed by atoms with E-state index in [1.807, 2.05) is 0 Å². The normalized spacial score (nSPS) is 13.9. The zero-order chi connectivity index (χ0) is 18.3. The van der Waals surface area contributed by atoms with Crippen LogP contribution in [-0.2, 0) is 19.1 Å². The summed E-state index contributed by atoms with van der Waals surface area (Å²) in [5.74, 6) is -1.86. The van der Waals surface area contributed by atoms with Gasteiger partial charge in [-0.2, -0.15) is 13.2 Å². The van der Waals surface area contributed by atoms with Crippen LogP contribution in [0.5, 0.6) is 5.75 Å². The van der Waals surface area contributed by atoms with E-state index >= 15 is 0 Å². The largest absolute Gasteiger partial charge is 0.508 e. The summed E-state index contributed by atoms with van der Waals surface area (Å²) in [4.78, 5) is 24.0. The zero-order valence-corrected chi connectivity index (χ0v) is 13.1. The first kappa shape index (κ1) is 19.8. The van der Waals surface area contributed by atoms with Crippen molar-refractivity contribution in [2.24, 2.45) is 0 Å². The van der Waals surface area contributed by atoms with E-state index in [9.17, 15) is 27.9 Å². The van der Waals surface area contributed by atoms with Crippen LogP contribution < -0.4 is 5.32 Å². The molecule has 0 aliphatic carbocycles. The standard InChI is InChI=1S/C15H18F3NO5/c1-3-23-14(22)12(10-5-4-6-11(20)7-10)19-13(21)9(2)24-8-15(16,17)18/h4-7,9,12,20H,3,8H2,1-2H3,(H,19,21)/t9-,12-/m0/s1. The molecule has 9 heteroatoms. The molecule has 2 atom stereocenters. The van der Waals surface area contributed by atoms with Gasteiger partial charge < -0.3 is 19.9 Å². The molecule has 0 saturated heterocycles. The Morgan fingerprint density at radius 3 is 2.54 bits per heavy atom. The van der Waals surface area contributed by atoms with E-state index in [1.54, 1.807) is 6.92 Å². The number of alkyl halides is 3. The number of halogens is 3. The number of benzene rings is 1. The third-order valence-corrected chi connectivity index (χ3v) is 2.88. The highest BCUT2D eigenvalue weighted by molar-refractivity contribution is 5.87. The van der Waals surface area contributed by atoms with Crippen LogP contribution in [0.2, 0.25) is 0 Å². The number of ether oxygens (including phenoxy) is 2. The Hall–Kier alpha value is -2.29. The second kappa shape index (κ2) is 8.53. The van der Waals surface area contributed by atoms with Crippen molar-refractivity contribution in [3.8, 4) is 5.75 Å². The molecule has 0 spiro atoms. The van der Waals surface area contributed by atoms with E-state index in [4.69, 9.17) is 4.74 Å². The molecule has 1 aromatic carbocycles. The first-order valence-electron chi connectivity index (χ1n) is 7.08. The van der Waals surface area contributed by atoms with Gasteiger partial charge in [0.2, 0.25) is 5.91 Å². The topological polar surface area (TPSA) is 84.9 Å². The average Bonchev–Trinajstić information content (AvgIpc) is 2.49. The molecule has 0 unspecified atom stereocenters. The number of carbonyl (C=O) groups is 2. The van der Waals surface area contributed by atoms with Gasteiger partial charge in [0.25, 0.3) is 0 Å². The Kier molecular flexibility index (Phi) is 7.02. The molecule has 0 radical (unpaired) electrons. The number of hydrogen-bond acceptors (Lipinski definition) is 5. The molecular weight excluding hydrogens is 331 g/mol. The summed E-state index contributed by atoms with van der Waals surface area (Å²) in [6.07, 6.45) is -6.00. The van der Waals surface area contributed by atoms with Crippen LogP contribution in [0.1, 0.15) is 25.5 Å². The Balaban J connectivity index is 2.85. The van der Waals surface area contributed by atoms with E-state index in [-0.39, 0.29) is 17.9 Å². The number of nitrogens with one attached hydrogen (secondary N) is 1. The fraction of sp³-hybridized carbons (Fsp3) is 0.467. The number of esters is 1. The van der Waals surface area contributed by atoms with Gasteiger partial charge in [-0.3, -0.25) is 4.79 Å². The number of carbonyl (C=O) groups excluding carboxylic acids is 2. The highest BCUT2D eigenvalue weighted by Gasteiger charge is 2.31. The van der Waals surface area contributed by atoms with Crippen molar-refractivity contribution >= 4 is 11.9 Å². The van der Waals surface area contributed by atoms with Crippen molar-refractivity contribution in [3.05, 3.63) is 29.8 Å². The minimum absolute atomic E-state index is 0.0458. The molecule has 1 rings (SSSR count). The van der Waals surface area contributed by atoms with Gasteiger partial charge in [0.1, 0.15) is 18.5 Å². The molecule has 24 heavy (non-hydrogen) atoms. The summed E-state index contributed by atoms with van der Waals surface area (Å²) in [7, 11) is 0. The summed E-state index contributed by atoms with van der Waals surface area (Å²) < 4.78 is 45.6. The van der Waals surface area contributed by atoms with Crippen molar-refractivity contribution in [2.45, 2.75) is 32.2 Å². The molecule has 0 saturated carbocycles. The van der Waals surface area contributed by atoms with Crippen LogP contribution in [0.15, 0.2) is 24.3 Å². The first-order valence-corrected chi connectivity index (χ1v) is 7.08. The fourth-order valence-corrected chi connectivity index (χ4v) is 1.76.